The van der Waals surface area contributed by atoms with Gasteiger partial charge in [-0.15, -0.1) is 0 Å². The van der Waals surface area contributed by atoms with Crippen molar-refractivity contribution in [3.05, 3.63) is 34.7 Å². The van der Waals surface area contributed by atoms with Gasteiger partial charge in [-0.05, 0) is 18.6 Å². The van der Waals surface area contributed by atoms with Crippen LogP contribution >= 0.6 is 24.0 Å². The highest BCUT2D eigenvalue weighted by Gasteiger charge is 2.42. The molecule has 3 rings (SSSR count). The lowest BCUT2D eigenvalue weighted by Crippen LogP contribution is -2.39. The second kappa shape index (κ2) is 6.89. The number of carbonyl (C=O) groups excluding carboxylic acids is 2. The highest BCUT2D eigenvalue weighted by Crippen LogP contribution is 2.37. The average molecular weight is 397 g/mol. The van der Waals surface area contributed by atoms with Crippen molar-refractivity contribution in [1.82, 2.24) is 4.90 Å². The van der Waals surface area contributed by atoms with Crippen molar-refractivity contribution in [3.8, 4) is 5.75 Å². The summed E-state index contributed by atoms with van der Waals surface area (Å²) in [6, 6.07) is 6.45. The Labute approximate surface area is 155 Å². The molecular weight excluding hydrogens is 382 g/mol. The number of rotatable bonds is 3. The van der Waals surface area contributed by atoms with Crippen LogP contribution in [0.2, 0.25) is 0 Å². The van der Waals surface area contributed by atoms with Gasteiger partial charge in [-0.1, -0.05) is 42.2 Å². The van der Waals surface area contributed by atoms with Crippen LogP contribution in [0.3, 0.4) is 0 Å². The average Bonchev–Trinajstić information content (AvgIpc) is 3.00. The molecular formula is C16H15NO5S3. The van der Waals surface area contributed by atoms with E-state index in [4.69, 9.17) is 17.0 Å². The number of hydrogen-bond acceptors (Lipinski definition) is 7. The second-order valence-electron chi connectivity index (χ2n) is 5.74. The highest BCUT2D eigenvalue weighted by atomic mass is 32.2. The third-order valence-electron chi connectivity index (χ3n) is 3.86. The summed E-state index contributed by atoms with van der Waals surface area (Å²) in [6.07, 6.45) is 2.01. The number of carbonyl (C=O) groups is 2. The summed E-state index contributed by atoms with van der Waals surface area (Å²) < 4.78 is 28.9. The van der Waals surface area contributed by atoms with E-state index in [9.17, 15) is 18.0 Å². The highest BCUT2D eigenvalue weighted by molar-refractivity contribution is 8.26. The van der Waals surface area contributed by atoms with Crippen molar-refractivity contribution in [1.29, 1.82) is 0 Å². The van der Waals surface area contributed by atoms with E-state index in [0.717, 1.165) is 11.8 Å². The van der Waals surface area contributed by atoms with Crippen LogP contribution in [0.5, 0.6) is 5.75 Å². The van der Waals surface area contributed by atoms with Crippen LogP contribution in [0.4, 0.5) is 0 Å². The SMILES string of the molecule is CC(=O)Oc1ccccc1C=C1SC(=S)N(C2CCS(=O)(=O)C2)C1=O. The number of ether oxygens (including phenoxy) is 1. The molecule has 0 saturated carbocycles. The van der Waals surface area contributed by atoms with E-state index in [-0.39, 0.29) is 17.4 Å². The van der Waals surface area contributed by atoms with Crippen molar-refractivity contribution in [2.45, 2.75) is 19.4 Å². The monoisotopic (exact) mass is 397 g/mol. The summed E-state index contributed by atoms with van der Waals surface area (Å²) in [5.74, 6) is -0.400. The van der Waals surface area contributed by atoms with Crippen LogP contribution in [0.25, 0.3) is 6.08 Å². The van der Waals surface area contributed by atoms with Crippen LogP contribution in [-0.4, -0.2) is 47.1 Å². The minimum atomic E-state index is -3.12. The van der Waals surface area contributed by atoms with Crippen molar-refractivity contribution < 1.29 is 22.7 Å². The molecule has 0 bridgehead atoms. The summed E-state index contributed by atoms with van der Waals surface area (Å²) in [5.41, 5.74) is 0.581. The molecule has 2 aliphatic heterocycles. The van der Waals surface area contributed by atoms with Crippen LogP contribution in [0.15, 0.2) is 29.2 Å². The number of para-hydroxylation sites is 1. The summed E-state index contributed by atoms with van der Waals surface area (Å²) in [5, 5.41) is 0. The summed E-state index contributed by atoms with van der Waals surface area (Å²) in [6.45, 7) is 1.30. The molecule has 132 valence electrons. The molecule has 2 fully saturated rings. The normalized spacial score (nSPS) is 24.1. The number of thiocarbonyl (C=S) groups is 1. The van der Waals surface area contributed by atoms with E-state index in [2.05, 4.69) is 0 Å². The van der Waals surface area contributed by atoms with Crippen LogP contribution in [-0.2, 0) is 19.4 Å². The molecule has 9 heteroatoms. The van der Waals surface area contributed by atoms with Gasteiger partial charge in [0.1, 0.15) is 10.1 Å². The van der Waals surface area contributed by atoms with E-state index in [1.807, 2.05) is 0 Å². The van der Waals surface area contributed by atoms with Gasteiger partial charge in [-0.25, -0.2) is 8.42 Å². The zero-order valence-corrected chi connectivity index (χ0v) is 15.7. The Morgan fingerprint density at radius 1 is 1.40 bits per heavy atom. The lowest BCUT2D eigenvalue weighted by Gasteiger charge is -2.20. The summed E-state index contributed by atoms with van der Waals surface area (Å²) in [4.78, 5) is 25.7. The molecule has 1 aromatic rings. The molecule has 0 aliphatic carbocycles. The first-order valence-corrected chi connectivity index (χ1v) is 10.6. The number of hydrogen-bond donors (Lipinski definition) is 0. The van der Waals surface area contributed by atoms with Gasteiger partial charge < -0.3 is 4.74 Å². The summed E-state index contributed by atoms with van der Waals surface area (Å²) in [7, 11) is -3.12. The number of thioether (sulfide) groups is 1. The van der Waals surface area contributed by atoms with Gasteiger partial charge in [-0.3, -0.25) is 14.5 Å². The molecule has 0 spiro atoms. The minimum Gasteiger partial charge on any atom is -0.426 e. The second-order valence-corrected chi connectivity index (χ2v) is 9.64. The van der Waals surface area contributed by atoms with Gasteiger partial charge in [0, 0.05) is 12.5 Å². The topological polar surface area (TPSA) is 80.8 Å². The molecule has 6 nitrogen and oxygen atoms in total. The molecule has 1 unspecified atom stereocenters. The Morgan fingerprint density at radius 3 is 2.76 bits per heavy atom. The molecule has 1 atom stereocenters. The van der Waals surface area contributed by atoms with E-state index in [1.54, 1.807) is 30.3 Å². The molecule has 0 N–H and O–H groups in total. The number of amides is 1. The first-order chi connectivity index (χ1) is 11.8. The Bertz CT molecular complexity index is 891. The molecule has 1 amide bonds. The fraction of sp³-hybridized carbons (Fsp3) is 0.312. The van der Waals surface area contributed by atoms with Gasteiger partial charge >= 0.3 is 5.97 Å². The first kappa shape index (κ1) is 18.1. The number of esters is 1. The predicted octanol–water partition coefficient (Wildman–Crippen LogP) is 2.00. The number of nitrogens with zero attached hydrogens (tertiary/aromatic N) is 1. The Kier molecular flexibility index (Phi) is 4.99. The van der Waals surface area contributed by atoms with Gasteiger partial charge in [0.25, 0.3) is 5.91 Å². The van der Waals surface area contributed by atoms with E-state index < -0.39 is 21.8 Å². The zero-order chi connectivity index (χ0) is 18.2. The Hall–Kier alpha value is -1.71. The summed E-state index contributed by atoms with van der Waals surface area (Å²) >= 11 is 6.40. The zero-order valence-electron chi connectivity index (χ0n) is 13.3. The van der Waals surface area contributed by atoms with Crippen molar-refractivity contribution in [2.75, 3.05) is 11.5 Å². The lowest BCUT2D eigenvalue weighted by molar-refractivity contribution is -0.131. The maximum absolute atomic E-state index is 12.7. The number of sulfone groups is 1. The largest absolute Gasteiger partial charge is 0.426 e. The third kappa shape index (κ3) is 3.94. The molecule has 0 aromatic heterocycles. The van der Waals surface area contributed by atoms with Gasteiger partial charge in [0.15, 0.2) is 9.84 Å². The van der Waals surface area contributed by atoms with Gasteiger partial charge in [-0.2, -0.15) is 0 Å². The molecule has 25 heavy (non-hydrogen) atoms. The maximum Gasteiger partial charge on any atom is 0.308 e. The van der Waals surface area contributed by atoms with E-state index >= 15 is 0 Å². The van der Waals surface area contributed by atoms with Crippen molar-refractivity contribution in [3.63, 3.8) is 0 Å². The van der Waals surface area contributed by atoms with Crippen molar-refractivity contribution >= 4 is 56.1 Å². The van der Waals surface area contributed by atoms with E-state index in [0.29, 0.717) is 27.0 Å². The smallest absolute Gasteiger partial charge is 0.308 e. The van der Waals surface area contributed by atoms with Crippen LogP contribution in [0, 0.1) is 0 Å². The lowest BCUT2D eigenvalue weighted by atomic mass is 10.1. The Balaban J connectivity index is 1.88. The molecule has 0 radical (unpaired) electrons. The van der Waals surface area contributed by atoms with Crippen LogP contribution < -0.4 is 4.74 Å². The Morgan fingerprint density at radius 2 is 2.12 bits per heavy atom. The van der Waals surface area contributed by atoms with Crippen LogP contribution in [0.1, 0.15) is 18.9 Å². The molecule has 1 aromatic carbocycles. The fourth-order valence-electron chi connectivity index (χ4n) is 2.76. The molecule has 2 aliphatic rings. The van der Waals surface area contributed by atoms with Gasteiger partial charge in [0.05, 0.1) is 22.5 Å². The molecule has 2 saturated heterocycles. The third-order valence-corrected chi connectivity index (χ3v) is 6.94. The fourth-order valence-corrected chi connectivity index (χ4v) is 5.85. The standard InChI is InChI=1S/C16H15NO5S3/c1-10(18)22-13-5-3-2-4-11(13)8-14-15(19)17(16(23)24-14)12-6-7-25(20,21)9-12/h2-5,8,12H,6-7,9H2,1H3. The first-order valence-electron chi connectivity index (χ1n) is 7.52. The predicted molar refractivity (Wildman–Crippen MR) is 99.8 cm³/mol. The minimum absolute atomic E-state index is 0.0588. The molecule has 2 heterocycles. The van der Waals surface area contributed by atoms with E-state index in [1.165, 1.54) is 11.8 Å². The van der Waals surface area contributed by atoms with Crippen molar-refractivity contribution in [2.24, 2.45) is 0 Å². The van der Waals surface area contributed by atoms with Gasteiger partial charge in [0.2, 0.25) is 0 Å². The quantitative estimate of drug-likeness (QED) is 0.334. The number of benzene rings is 1. The maximum atomic E-state index is 12.7.